The normalized spacial score (nSPS) is 13.8. The third-order valence-electron chi connectivity index (χ3n) is 1.95. The lowest BCUT2D eigenvalue weighted by atomic mass is 10.0. The van der Waals surface area contributed by atoms with Crippen molar-refractivity contribution in [1.29, 1.82) is 0 Å². The Morgan fingerprint density at radius 2 is 1.92 bits per heavy atom. The molecule has 0 aliphatic heterocycles. The van der Waals surface area contributed by atoms with Crippen LogP contribution in [-0.2, 0) is 4.74 Å². The SMILES string of the molecule is CCOCCCCC(Cl)C(C)C. The first kappa shape index (κ1) is 12.2. The average molecular weight is 193 g/mol. The second-order valence-corrected chi connectivity index (χ2v) is 4.01. The van der Waals surface area contributed by atoms with Gasteiger partial charge in [-0.05, 0) is 32.1 Å². The summed E-state index contributed by atoms with van der Waals surface area (Å²) in [6, 6.07) is 0. The second-order valence-electron chi connectivity index (χ2n) is 3.45. The Kier molecular flexibility index (Phi) is 8.04. The molecule has 0 heterocycles. The lowest BCUT2D eigenvalue weighted by Gasteiger charge is -2.12. The molecule has 0 aliphatic rings. The van der Waals surface area contributed by atoms with E-state index in [0.29, 0.717) is 11.3 Å². The minimum absolute atomic E-state index is 0.339. The highest BCUT2D eigenvalue weighted by Gasteiger charge is 2.07. The average Bonchev–Trinajstić information content (AvgIpc) is 2.03. The standard InChI is InChI=1S/C10H21ClO/c1-4-12-8-6-5-7-10(11)9(2)3/h9-10H,4-8H2,1-3H3. The van der Waals surface area contributed by atoms with E-state index < -0.39 is 0 Å². The predicted molar refractivity (Wildman–Crippen MR) is 54.8 cm³/mol. The van der Waals surface area contributed by atoms with E-state index in [1.165, 1.54) is 6.42 Å². The molecular weight excluding hydrogens is 172 g/mol. The summed E-state index contributed by atoms with van der Waals surface area (Å²) in [5.74, 6) is 0.596. The van der Waals surface area contributed by atoms with Crippen LogP contribution in [0.3, 0.4) is 0 Å². The van der Waals surface area contributed by atoms with Crippen LogP contribution in [0.5, 0.6) is 0 Å². The van der Waals surface area contributed by atoms with Crippen molar-refractivity contribution >= 4 is 11.6 Å². The molecule has 0 aromatic carbocycles. The van der Waals surface area contributed by atoms with Gasteiger partial charge in [0, 0.05) is 18.6 Å². The molecule has 0 N–H and O–H groups in total. The van der Waals surface area contributed by atoms with E-state index in [1.54, 1.807) is 0 Å². The fourth-order valence-corrected chi connectivity index (χ4v) is 1.18. The number of hydrogen-bond acceptors (Lipinski definition) is 1. The van der Waals surface area contributed by atoms with Crippen LogP contribution in [0.15, 0.2) is 0 Å². The first-order valence-corrected chi connectivity index (χ1v) is 5.34. The summed E-state index contributed by atoms with van der Waals surface area (Å²) < 4.78 is 5.23. The minimum Gasteiger partial charge on any atom is -0.382 e. The molecule has 0 fully saturated rings. The van der Waals surface area contributed by atoms with Crippen molar-refractivity contribution in [3.8, 4) is 0 Å². The Morgan fingerprint density at radius 1 is 1.25 bits per heavy atom. The Bertz CT molecular complexity index is 93.8. The van der Waals surface area contributed by atoms with Gasteiger partial charge < -0.3 is 4.74 Å². The van der Waals surface area contributed by atoms with Gasteiger partial charge in [0.05, 0.1) is 0 Å². The molecule has 1 unspecified atom stereocenters. The predicted octanol–water partition coefficient (Wildman–Crippen LogP) is 3.46. The third-order valence-corrected chi connectivity index (χ3v) is 2.67. The molecular formula is C10H21ClO. The Labute approximate surface area is 81.4 Å². The Hall–Kier alpha value is 0.250. The van der Waals surface area contributed by atoms with Gasteiger partial charge in [-0.3, -0.25) is 0 Å². The van der Waals surface area contributed by atoms with Crippen LogP contribution in [0.2, 0.25) is 0 Å². The lowest BCUT2D eigenvalue weighted by molar-refractivity contribution is 0.142. The molecule has 0 aromatic heterocycles. The fraction of sp³-hybridized carbons (Fsp3) is 1.00. The fourth-order valence-electron chi connectivity index (χ4n) is 1.02. The smallest absolute Gasteiger partial charge is 0.0465 e. The quantitative estimate of drug-likeness (QED) is 0.444. The van der Waals surface area contributed by atoms with E-state index in [1.807, 2.05) is 6.92 Å². The van der Waals surface area contributed by atoms with Crippen molar-refractivity contribution < 1.29 is 4.74 Å². The van der Waals surface area contributed by atoms with Gasteiger partial charge in [-0.25, -0.2) is 0 Å². The molecule has 0 aliphatic carbocycles. The molecule has 0 saturated heterocycles. The highest BCUT2D eigenvalue weighted by molar-refractivity contribution is 6.20. The number of unbranched alkanes of at least 4 members (excludes halogenated alkanes) is 1. The topological polar surface area (TPSA) is 9.23 Å². The number of alkyl halides is 1. The van der Waals surface area contributed by atoms with E-state index in [-0.39, 0.29) is 0 Å². The Balaban J connectivity index is 3.08. The van der Waals surface area contributed by atoms with E-state index >= 15 is 0 Å². The highest BCUT2D eigenvalue weighted by atomic mass is 35.5. The molecule has 0 amide bonds. The Morgan fingerprint density at radius 3 is 2.42 bits per heavy atom. The van der Waals surface area contributed by atoms with E-state index in [2.05, 4.69) is 13.8 Å². The molecule has 1 nitrogen and oxygen atoms in total. The van der Waals surface area contributed by atoms with Crippen LogP contribution in [0.4, 0.5) is 0 Å². The largest absolute Gasteiger partial charge is 0.382 e. The zero-order chi connectivity index (χ0) is 9.40. The summed E-state index contributed by atoms with van der Waals surface area (Å²) in [5, 5.41) is 0.339. The summed E-state index contributed by atoms with van der Waals surface area (Å²) in [5.41, 5.74) is 0. The summed E-state index contributed by atoms with van der Waals surface area (Å²) >= 11 is 6.09. The molecule has 0 aromatic rings. The van der Waals surface area contributed by atoms with Gasteiger partial charge in [0.25, 0.3) is 0 Å². The van der Waals surface area contributed by atoms with Crippen molar-refractivity contribution in [3.05, 3.63) is 0 Å². The second kappa shape index (κ2) is 7.88. The van der Waals surface area contributed by atoms with E-state index in [0.717, 1.165) is 26.1 Å². The summed E-state index contributed by atoms with van der Waals surface area (Å²) in [7, 11) is 0. The molecule has 12 heavy (non-hydrogen) atoms. The van der Waals surface area contributed by atoms with Crippen molar-refractivity contribution in [2.75, 3.05) is 13.2 Å². The minimum atomic E-state index is 0.339. The molecule has 0 bridgehead atoms. The van der Waals surface area contributed by atoms with Gasteiger partial charge >= 0.3 is 0 Å². The van der Waals surface area contributed by atoms with Crippen molar-refractivity contribution in [2.45, 2.75) is 45.4 Å². The van der Waals surface area contributed by atoms with Crippen LogP contribution in [0.1, 0.15) is 40.0 Å². The maximum atomic E-state index is 6.09. The summed E-state index contributed by atoms with van der Waals surface area (Å²) in [6.45, 7) is 8.07. The molecule has 0 rings (SSSR count). The zero-order valence-electron chi connectivity index (χ0n) is 8.48. The van der Waals surface area contributed by atoms with Crippen LogP contribution in [0, 0.1) is 5.92 Å². The van der Waals surface area contributed by atoms with Gasteiger partial charge in [0.15, 0.2) is 0 Å². The van der Waals surface area contributed by atoms with Crippen LogP contribution < -0.4 is 0 Å². The molecule has 0 spiro atoms. The van der Waals surface area contributed by atoms with Gasteiger partial charge in [-0.2, -0.15) is 0 Å². The maximum absolute atomic E-state index is 6.09. The summed E-state index contributed by atoms with van der Waals surface area (Å²) in [6.07, 6.45) is 3.45. The van der Waals surface area contributed by atoms with Gasteiger partial charge in [-0.15, -0.1) is 11.6 Å². The zero-order valence-corrected chi connectivity index (χ0v) is 9.23. The van der Waals surface area contributed by atoms with Crippen LogP contribution in [-0.4, -0.2) is 18.6 Å². The monoisotopic (exact) mass is 192 g/mol. The van der Waals surface area contributed by atoms with Crippen molar-refractivity contribution in [1.82, 2.24) is 0 Å². The summed E-state index contributed by atoms with van der Waals surface area (Å²) in [4.78, 5) is 0. The van der Waals surface area contributed by atoms with Gasteiger partial charge in [-0.1, -0.05) is 13.8 Å². The number of rotatable bonds is 7. The van der Waals surface area contributed by atoms with Crippen molar-refractivity contribution in [3.63, 3.8) is 0 Å². The first-order valence-electron chi connectivity index (χ1n) is 4.90. The van der Waals surface area contributed by atoms with Crippen molar-refractivity contribution in [2.24, 2.45) is 5.92 Å². The van der Waals surface area contributed by atoms with E-state index in [4.69, 9.17) is 16.3 Å². The third kappa shape index (κ3) is 6.93. The number of hydrogen-bond donors (Lipinski definition) is 0. The van der Waals surface area contributed by atoms with Crippen LogP contribution in [0.25, 0.3) is 0 Å². The lowest BCUT2D eigenvalue weighted by Crippen LogP contribution is -2.07. The highest BCUT2D eigenvalue weighted by Crippen LogP contribution is 2.16. The molecule has 0 radical (unpaired) electrons. The molecule has 0 saturated carbocycles. The molecule has 1 atom stereocenters. The number of ether oxygens (including phenoxy) is 1. The maximum Gasteiger partial charge on any atom is 0.0465 e. The number of halogens is 1. The molecule has 74 valence electrons. The first-order chi connectivity index (χ1) is 5.68. The van der Waals surface area contributed by atoms with Gasteiger partial charge in [0.2, 0.25) is 0 Å². The molecule has 2 heteroatoms. The van der Waals surface area contributed by atoms with Gasteiger partial charge in [0.1, 0.15) is 0 Å². The van der Waals surface area contributed by atoms with Crippen LogP contribution >= 0.6 is 11.6 Å². The van der Waals surface area contributed by atoms with E-state index in [9.17, 15) is 0 Å².